The lowest BCUT2D eigenvalue weighted by Gasteiger charge is -2.39. The molecule has 0 bridgehead atoms. The van der Waals surface area contributed by atoms with Crippen LogP contribution in [0.5, 0.6) is 0 Å². The van der Waals surface area contributed by atoms with Gasteiger partial charge in [-0.1, -0.05) is 24.3 Å². The van der Waals surface area contributed by atoms with Crippen LogP contribution in [-0.2, 0) is 0 Å². The molecule has 0 radical (unpaired) electrons. The number of benzene rings is 2. The smallest absolute Gasteiger partial charge is 0.123 e. The quantitative estimate of drug-likeness (QED) is 0.743. The lowest BCUT2D eigenvalue weighted by Crippen LogP contribution is -2.42. The van der Waals surface area contributed by atoms with E-state index in [1.54, 1.807) is 0 Å². The second-order valence-corrected chi connectivity index (χ2v) is 9.34. The topological polar surface area (TPSA) is 15.3 Å². The van der Waals surface area contributed by atoms with Crippen molar-refractivity contribution in [3.05, 3.63) is 71.3 Å². The summed E-state index contributed by atoms with van der Waals surface area (Å²) in [6, 6.07) is 13.4. The van der Waals surface area contributed by atoms with Crippen LogP contribution in [0.2, 0.25) is 0 Å². The first-order valence-electron chi connectivity index (χ1n) is 10.2. The summed E-state index contributed by atoms with van der Waals surface area (Å²) in [5, 5.41) is 3.62. The Morgan fingerprint density at radius 1 is 0.893 bits per heavy atom. The van der Waals surface area contributed by atoms with Crippen molar-refractivity contribution in [2.45, 2.75) is 24.5 Å². The molecule has 150 valence electrons. The molecule has 0 atom stereocenters. The Hall–Kier alpha value is -1.43. The van der Waals surface area contributed by atoms with Crippen molar-refractivity contribution in [2.75, 3.05) is 38.5 Å². The number of hydrogen-bond donors (Lipinski definition) is 1. The SMILES string of the molecule is Fc1ccc(C(SCCN2CCC3(CCNC3)CC2)c2ccc(F)cc2)cc1. The molecule has 2 heterocycles. The first-order chi connectivity index (χ1) is 13.6. The molecule has 0 saturated carbocycles. The summed E-state index contributed by atoms with van der Waals surface area (Å²) < 4.78 is 26.7. The molecule has 2 saturated heterocycles. The monoisotopic (exact) mass is 402 g/mol. The van der Waals surface area contributed by atoms with E-state index in [9.17, 15) is 8.78 Å². The summed E-state index contributed by atoms with van der Waals surface area (Å²) in [4.78, 5) is 2.57. The average molecular weight is 403 g/mol. The van der Waals surface area contributed by atoms with Gasteiger partial charge < -0.3 is 10.2 Å². The highest BCUT2D eigenvalue weighted by molar-refractivity contribution is 7.99. The van der Waals surface area contributed by atoms with Crippen LogP contribution < -0.4 is 5.32 Å². The van der Waals surface area contributed by atoms with Crippen LogP contribution in [0.1, 0.15) is 35.6 Å². The van der Waals surface area contributed by atoms with Crippen LogP contribution in [0.3, 0.4) is 0 Å². The Bertz CT molecular complexity index is 702. The summed E-state index contributed by atoms with van der Waals surface area (Å²) in [5.41, 5.74) is 2.68. The van der Waals surface area contributed by atoms with Crippen molar-refractivity contribution in [3.63, 3.8) is 0 Å². The minimum Gasteiger partial charge on any atom is -0.316 e. The number of rotatable bonds is 6. The van der Waals surface area contributed by atoms with E-state index >= 15 is 0 Å². The molecule has 0 aliphatic carbocycles. The van der Waals surface area contributed by atoms with Crippen LogP contribution in [0.25, 0.3) is 0 Å². The number of piperidine rings is 1. The number of thioether (sulfide) groups is 1. The van der Waals surface area contributed by atoms with Gasteiger partial charge in [-0.3, -0.25) is 0 Å². The van der Waals surface area contributed by atoms with E-state index in [-0.39, 0.29) is 16.9 Å². The molecule has 2 aliphatic rings. The third-order valence-corrected chi connectivity index (χ3v) is 7.58. The van der Waals surface area contributed by atoms with Gasteiger partial charge >= 0.3 is 0 Å². The van der Waals surface area contributed by atoms with Crippen molar-refractivity contribution in [3.8, 4) is 0 Å². The molecule has 2 aromatic rings. The van der Waals surface area contributed by atoms with E-state index in [2.05, 4.69) is 10.2 Å². The number of nitrogens with one attached hydrogen (secondary N) is 1. The number of nitrogens with zero attached hydrogens (tertiary/aromatic N) is 1. The van der Waals surface area contributed by atoms with Gasteiger partial charge in [-0.15, -0.1) is 11.8 Å². The van der Waals surface area contributed by atoms with Gasteiger partial charge in [0.15, 0.2) is 0 Å². The Morgan fingerprint density at radius 3 is 1.96 bits per heavy atom. The zero-order valence-electron chi connectivity index (χ0n) is 16.2. The highest BCUT2D eigenvalue weighted by Gasteiger charge is 2.36. The van der Waals surface area contributed by atoms with E-state index in [0.717, 1.165) is 23.4 Å². The van der Waals surface area contributed by atoms with Crippen molar-refractivity contribution in [1.29, 1.82) is 0 Å². The van der Waals surface area contributed by atoms with Gasteiger partial charge in [-0.2, -0.15) is 0 Å². The molecular weight excluding hydrogens is 374 g/mol. The Labute approximate surface area is 170 Å². The largest absolute Gasteiger partial charge is 0.316 e. The van der Waals surface area contributed by atoms with Gasteiger partial charge in [-0.05, 0) is 79.7 Å². The van der Waals surface area contributed by atoms with E-state index in [1.807, 2.05) is 36.0 Å². The van der Waals surface area contributed by atoms with Crippen LogP contribution in [0.15, 0.2) is 48.5 Å². The summed E-state index contributed by atoms with van der Waals surface area (Å²) in [5.74, 6) is 0.551. The van der Waals surface area contributed by atoms with Crippen LogP contribution >= 0.6 is 11.8 Å². The summed E-state index contributed by atoms with van der Waals surface area (Å²) in [6.45, 7) is 5.78. The molecular formula is C23H28F2N2S. The molecule has 4 rings (SSSR count). The first-order valence-corrected chi connectivity index (χ1v) is 11.2. The third kappa shape index (κ3) is 4.76. The van der Waals surface area contributed by atoms with Gasteiger partial charge in [0.25, 0.3) is 0 Å². The number of halogens is 2. The summed E-state index contributed by atoms with van der Waals surface area (Å²) in [6.07, 6.45) is 3.92. The molecule has 2 fully saturated rings. The average Bonchev–Trinajstić information content (AvgIpc) is 3.17. The molecule has 5 heteroatoms. The fourth-order valence-electron chi connectivity index (χ4n) is 4.43. The highest BCUT2D eigenvalue weighted by atomic mass is 32.2. The predicted molar refractivity (Wildman–Crippen MR) is 113 cm³/mol. The van der Waals surface area contributed by atoms with Gasteiger partial charge in [-0.25, -0.2) is 8.78 Å². The van der Waals surface area contributed by atoms with Crippen LogP contribution in [-0.4, -0.2) is 43.4 Å². The van der Waals surface area contributed by atoms with E-state index < -0.39 is 0 Å². The van der Waals surface area contributed by atoms with Gasteiger partial charge in [0.05, 0.1) is 5.25 Å². The standard InChI is InChI=1S/C23H28F2N2S/c24-20-5-1-18(2-6-20)22(19-3-7-21(25)8-4-19)28-16-15-27-13-10-23(11-14-27)9-12-26-17-23/h1-8,22,26H,9-17H2. The Balaban J connectivity index is 1.36. The summed E-state index contributed by atoms with van der Waals surface area (Å²) >= 11 is 1.86. The highest BCUT2D eigenvalue weighted by Crippen LogP contribution is 2.38. The van der Waals surface area contributed by atoms with E-state index in [0.29, 0.717) is 5.41 Å². The lowest BCUT2D eigenvalue weighted by molar-refractivity contribution is 0.124. The van der Waals surface area contributed by atoms with E-state index in [1.165, 1.54) is 69.7 Å². The molecule has 0 aromatic heterocycles. The maximum Gasteiger partial charge on any atom is 0.123 e. The maximum atomic E-state index is 13.4. The molecule has 2 aliphatic heterocycles. The fraction of sp³-hybridized carbons (Fsp3) is 0.478. The molecule has 1 N–H and O–H groups in total. The fourth-order valence-corrected chi connectivity index (χ4v) is 5.73. The van der Waals surface area contributed by atoms with Crippen molar-refractivity contribution < 1.29 is 8.78 Å². The van der Waals surface area contributed by atoms with Crippen LogP contribution in [0.4, 0.5) is 8.78 Å². The molecule has 28 heavy (non-hydrogen) atoms. The van der Waals surface area contributed by atoms with Crippen molar-refractivity contribution in [2.24, 2.45) is 5.41 Å². The number of hydrogen-bond acceptors (Lipinski definition) is 3. The van der Waals surface area contributed by atoms with Gasteiger partial charge in [0, 0.05) is 18.8 Å². The maximum absolute atomic E-state index is 13.4. The molecule has 1 spiro atoms. The second kappa shape index (κ2) is 8.93. The molecule has 0 amide bonds. The van der Waals surface area contributed by atoms with Gasteiger partial charge in [0.1, 0.15) is 11.6 Å². The third-order valence-electron chi connectivity index (χ3n) is 6.29. The zero-order chi connectivity index (χ0) is 19.4. The molecule has 2 aromatic carbocycles. The second-order valence-electron chi connectivity index (χ2n) is 8.12. The minimum absolute atomic E-state index is 0.0939. The lowest BCUT2D eigenvalue weighted by atomic mass is 9.78. The normalized spacial score (nSPS) is 19.5. The number of likely N-dealkylation sites (tertiary alicyclic amines) is 1. The van der Waals surface area contributed by atoms with Crippen molar-refractivity contribution in [1.82, 2.24) is 10.2 Å². The van der Waals surface area contributed by atoms with Crippen LogP contribution in [0, 0.1) is 17.0 Å². The Kier molecular flexibility index (Phi) is 6.34. The van der Waals surface area contributed by atoms with Crippen molar-refractivity contribution >= 4 is 11.8 Å². The minimum atomic E-state index is -0.227. The first kappa shape index (κ1) is 19.9. The Morgan fingerprint density at radius 2 is 1.46 bits per heavy atom. The molecule has 0 unspecified atom stereocenters. The molecule has 2 nitrogen and oxygen atoms in total. The summed E-state index contributed by atoms with van der Waals surface area (Å²) in [7, 11) is 0. The van der Waals surface area contributed by atoms with Gasteiger partial charge in [0.2, 0.25) is 0 Å². The predicted octanol–water partition coefficient (Wildman–Crippen LogP) is 4.86. The van der Waals surface area contributed by atoms with E-state index in [4.69, 9.17) is 0 Å². The zero-order valence-corrected chi connectivity index (χ0v) is 17.0.